The molecular formula is C9H8F3NO3. The average Bonchev–Trinajstić information content (AvgIpc) is 2.15. The van der Waals surface area contributed by atoms with Gasteiger partial charge < -0.3 is 9.84 Å². The number of aromatic nitrogens is 1. The first kappa shape index (κ1) is 12.3. The molecule has 0 saturated heterocycles. The summed E-state index contributed by atoms with van der Waals surface area (Å²) in [6.07, 6.45) is -4.62. The highest BCUT2D eigenvalue weighted by atomic mass is 19.4. The van der Waals surface area contributed by atoms with Crippen LogP contribution in [0.4, 0.5) is 13.2 Å². The van der Waals surface area contributed by atoms with E-state index in [9.17, 15) is 18.0 Å². The van der Waals surface area contributed by atoms with Crippen molar-refractivity contribution in [3.05, 3.63) is 22.9 Å². The zero-order valence-electron chi connectivity index (χ0n) is 8.42. The van der Waals surface area contributed by atoms with Gasteiger partial charge in [-0.05, 0) is 18.6 Å². The van der Waals surface area contributed by atoms with E-state index >= 15 is 0 Å². The van der Waals surface area contributed by atoms with Gasteiger partial charge in [0.2, 0.25) is 5.88 Å². The number of aromatic carboxylic acids is 1. The van der Waals surface area contributed by atoms with Gasteiger partial charge in [0.25, 0.3) is 0 Å². The molecule has 0 aliphatic heterocycles. The van der Waals surface area contributed by atoms with Crippen LogP contribution in [0, 0.1) is 6.92 Å². The maximum absolute atomic E-state index is 12.5. The molecule has 0 amide bonds. The van der Waals surface area contributed by atoms with Crippen LogP contribution in [0.1, 0.15) is 21.6 Å². The number of nitrogens with zero attached hydrogens (tertiary/aromatic N) is 1. The van der Waals surface area contributed by atoms with Crippen molar-refractivity contribution in [1.29, 1.82) is 0 Å². The topological polar surface area (TPSA) is 59.4 Å². The molecule has 4 nitrogen and oxygen atoms in total. The van der Waals surface area contributed by atoms with E-state index in [2.05, 4.69) is 9.72 Å². The minimum atomic E-state index is -4.62. The summed E-state index contributed by atoms with van der Waals surface area (Å²) >= 11 is 0. The molecular weight excluding hydrogens is 227 g/mol. The zero-order chi connectivity index (χ0) is 12.5. The molecule has 1 heterocycles. The minimum absolute atomic E-state index is 0.0689. The Morgan fingerprint density at radius 2 is 2.06 bits per heavy atom. The van der Waals surface area contributed by atoms with Gasteiger partial charge in [-0.25, -0.2) is 9.78 Å². The van der Waals surface area contributed by atoms with E-state index in [1.165, 1.54) is 6.92 Å². The molecule has 0 saturated carbocycles. The summed E-state index contributed by atoms with van der Waals surface area (Å²) < 4.78 is 41.9. The molecule has 1 aromatic rings. The highest BCUT2D eigenvalue weighted by molar-refractivity contribution is 5.87. The lowest BCUT2D eigenvalue weighted by atomic mass is 10.1. The van der Waals surface area contributed by atoms with Crippen LogP contribution in [-0.2, 0) is 6.18 Å². The third kappa shape index (κ3) is 2.23. The Morgan fingerprint density at radius 3 is 2.44 bits per heavy atom. The summed E-state index contributed by atoms with van der Waals surface area (Å²) in [6.45, 7) is 1.24. The Bertz CT molecular complexity index is 429. The van der Waals surface area contributed by atoms with Crippen molar-refractivity contribution in [3.8, 4) is 5.88 Å². The molecule has 0 atom stereocenters. The standard InChI is InChI=1S/C9H8F3NO3/c1-4-3-5(9(10,11)12)7(16-2)13-6(4)8(14)15/h3H,1-2H3,(H,14,15). The van der Waals surface area contributed by atoms with E-state index in [0.29, 0.717) is 6.07 Å². The number of hydrogen-bond acceptors (Lipinski definition) is 3. The van der Waals surface area contributed by atoms with E-state index < -0.39 is 29.3 Å². The number of carbonyl (C=O) groups is 1. The Hall–Kier alpha value is -1.79. The third-order valence-corrected chi connectivity index (χ3v) is 1.88. The van der Waals surface area contributed by atoms with Gasteiger partial charge in [-0.1, -0.05) is 0 Å². The number of pyridine rings is 1. The van der Waals surface area contributed by atoms with Crippen molar-refractivity contribution in [2.45, 2.75) is 13.1 Å². The second-order valence-corrected chi connectivity index (χ2v) is 3.01. The Kier molecular flexibility index (Phi) is 3.06. The SMILES string of the molecule is COc1nc(C(=O)O)c(C)cc1C(F)(F)F. The Balaban J connectivity index is 3.44. The first-order valence-corrected chi connectivity index (χ1v) is 4.13. The quantitative estimate of drug-likeness (QED) is 0.852. The molecule has 0 aromatic carbocycles. The number of ether oxygens (including phenoxy) is 1. The number of rotatable bonds is 2. The minimum Gasteiger partial charge on any atom is -0.481 e. The summed E-state index contributed by atoms with van der Waals surface area (Å²) in [5.41, 5.74) is -1.61. The Morgan fingerprint density at radius 1 is 1.50 bits per heavy atom. The smallest absolute Gasteiger partial charge is 0.421 e. The van der Waals surface area contributed by atoms with Gasteiger partial charge in [-0.2, -0.15) is 13.2 Å². The lowest BCUT2D eigenvalue weighted by Gasteiger charge is -2.12. The lowest BCUT2D eigenvalue weighted by molar-refractivity contribution is -0.139. The van der Waals surface area contributed by atoms with Crippen molar-refractivity contribution < 1.29 is 27.8 Å². The van der Waals surface area contributed by atoms with Gasteiger partial charge in [0.05, 0.1) is 7.11 Å². The molecule has 88 valence electrons. The predicted molar refractivity (Wildman–Crippen MR) is 47.5 cm³/mol. The molecule has 1 rings (SSSR count). The van der Waals surface area contributed by atoms with E-state index in [-0.39, 0.29) is 5.56 Å². The average molecular weight is 235 g/mol. The van der Waals surface area contributed by atoms with Crippen LogP contribution in [0.2, 0.25) is 0 Å². The third-order valence-electron chi connectivity index (χ3n) is 1.88. The fourth-order valence-electron chi connectivity index (χ4n) is 1.17. The number of halogens is 3. The maximum Gasteiger partial charge on any atom is 0.421 e. The molecule has 0 fully saturated rings. The number of alkyl halides is 3. The molecule has 0 bridgehead atoms. The molecule has 1 N–H and O–H groups in total. The van der Waals surface area contributed by atoms with Crippen LogP contribution >= 0.6 is 0 Å². The maximum atomic E-state index is 12.5. The first-order valence-electron chi connectivity index (χ1n) is 4.13. The van der Waals surface area contributed by atoms with Crippen LogP contribution in [0.5, 0.6) is 5.88 Å². The van der Waals surface area contributed by atoms with Crippen molar-refractivity contribution in [3.63, 3.8) is 0 Å². The van der Waals surface area contributed by atoms with Crippen molar-refractivity contribution in [2.24, 2.45) is 0 Å². The second-order valence-electron chi connectivity index (χ2n) is 3.01. The van der Waals surface area contributed by atoms with Crippen LogP contribution in [-0.4, -0.2) is 23.2 Å². The zero-order valence-corrected chi connectivity index (χ0v) is 8.42. The summed E-state index contributed by atoms with van der Waals surface area (Å²) in [7, 11) is 0.999. The van der Waals surface area contributed by atoms with E-state index in [0.717, 1.165) is 7.11 Å². The molecule has 7 heteroatoms. The van der Waals surface area contributed by atoms with Gasteiger partial charge in [-0.15, -0.1) is 0 Å². The Labute approximate surface area is 88.7 Å². The number of methoxy groups -OCH3 is 1. The van der Waals surface area contributed by atoms with Crippen molar-refractivity contribution >= 4 is 5.97 Å². The second kappa shape index (κ2) is 3.99. The summed E-state index contributed by atoms with van der Waals surface area (Å²) in [5.74, 6) is -2.14. The molecule has 0 spiro atoms. The van der Waals surface area contributed by atoms with Gasteiger partial charge in [0.1, 0.15) is 5.56 Å². The predicted octanol–water partition coefficient (Wildman–Crippen LogP) is 2.12. The lowest BCUT2D eigenvalue weighted by Crippen LogP contribution is -2.13. The fourth-order valence-corrected chi connectivity index (χ4v) is 1.17. The molecule has 0 aliphatic rings. The van der Waals surface area contributed by atoms with Gasteiger partial charge in [0.15, 0.2) is 5.69 Å². The number of aryl methyl sites for hydroxylation is 1. The first-order chi connectivity index (χ1) is 7.27. The van der Waals surface area contributed by atoms with Crippen LogP contribution in [0.15, 0.2) is 6.07 Å². The van der Waals surface area contributed by atoms with Crippen molar-refractivity contribution in [2.75, 3.05) is 7.11 Å². The summed E-state index contributed by atoms with van der Waals surface area (Å²) in [5, 5.41) is 8.68. The van der Waals surface area contributed by atoms with Gasteiger partial charge in [-0.3, -0.25) is 0 Å². The number of carboxylic acids is 1. The van der Waals surface area contributed by atoms with Crippen molar-refractivity contribution in [1.82, 2.24) is 4.98 Å². The van der Waals surface area contributed by atoms with Gasteiger partial charge in [0, 0.05) is 0 Å². The highest BCUT2D eigenvalue weighted by Gasteiger charge is 2.36. The largest absolute Gasteiger partial charge is 0.481 e. The fraction of sp³-hybridized carbons (Fsp3) is 0.333. The molecule has 0 radical (unpaired) electrons. The van der Waals surface area contributed by atoms with Crippen LogP contribution in [0.3, 0.4) is 0 Å². The molecule has 0 aliphatic carbocycles. The van der Waals surface area contributed by atoms with Crippen LogP contribution < -0.4 is 4.74 Å². The molecule has 1 aromatic heterocycles. The molecule has 16 heavy (non-hydrogen) atoms. The van der Waals surface area contributed by atoms with Gasteiger partial charge >= 0.3 is 12.1 Å². The number of carboxylic acid groups (broad SMARTS) is 1. The highest BCUT2D eigenvalue weighted by Crippen LogP contribution is 2.35. The number of hydrogen-bond donors (Lipinski definition) is 1. The molecule has 0 unspecified atom stereocenters. The van der Waals surface area contributed by atoms with E-state index in [4.69, 9.17) is 5.11 Å². The monoisotopic (exact) mass is 235 g/mol. The normalized spacial score (nSPS) is 11.3. The van der Waals surface area contributed by atoms with E-state index in [1.54, 1.807) is 0 Å². The summed E-state index contributed by atoms with van der Waals surface area (Å²) in [4.78, 5) is 14.0. The summed E-state index contributed by atoms with van der Waals surface area (Å²) in [6, 6.07) is 0.704. The van der Waals surface area contributed by atoms with Crippen LogP contribution in [0.25, 0.3) is 0 Å². The van der Waals surface area contributed by atoms with E-state index in [1.807, 2.05) is 0 Å².